The monoisotopic (exact) mass is 356 g/mol. The van der Waals surface area contributed by atoms with Crippen molar-refractivity contribution in [1.82, 2.24) is 0 Å². The van der Waals surface area contributed by atoms with Gasteiger partial charge in [-0.2, -0.15) is 0 Å². The van der Waals surface area contributed by atoms with Crippen LogP contribution < -0.4 is 5.63 Å². The molecule has 0 unspecified atom stereocenters. The Bertz CT molecular complexity index is 991. The van der Waals surface area contributed by atoms with Crippen molar-refractivity contribution in [2.24, 2.45) is 0 Å². The number of carbonyl (C=O) groups is 1. The van der Waals surface area contributed by atoms with Crippen LogP contribution in [0.5, 0.6) is 5.75 Å². The van der Waals surface area contributed by atoms with Crippen molar-refractivity contribution in [2.75, 3.05) is 0 Å². The fourth-order valence-electron chi connectivity index (χ4n) is 3.14. The van der Waals surface area contributed by atoms with E-state index in [1.54, 1.807) is 6.07 Å². The first-order valence-corrected chi connectivity index (χ1v) is 8.96. The van der Waals surface area contributed by atoms with Gasteiger partial charge in [-0.1, -0.05) is 0 Å². The highest BCUT2D eigenvalue weighted by molar-refractivity contribution is 7.14. The normalized spacial score (nSPS) is 13.6. The maximum absolute atomic E-state index is 12.4. The third kappa shape index (κ3) is 3.17. The zero-order valence-electron chi connectivity index (χ0n) is 13.4. The van der Waals surface area contributed by atoms with Gasteiger partial charge in [-0.05, 0) is 49.4 Å². The Morgan fingerprint density at radius 2 is 2.04 bits per heavy atom. The van der Waals surface area contributed by atoms with Crippen molar-refractivity contribution in [3.05, 3.63) is 61.6 Å². The average Bonchev–Trinajstić information content (AvgIpc) is 3.03. The topological polar surface area (TPSA) is 76.7 Å². The Balaban J connectivity index is 1.57. The van der Waals surface area contributed by atoms with E-state index in [0.717, 1.165) is 19.3 Å². The maximum atomic E-state index is 12.4. The number of aromatic hydroxyl groups is 1. The molecule has 3 aromatic rings. The molecule has 6 heteroatoms. The molecule has 1 aromatic carbocycles. The van der Waals surface area contributed by atoms with Crippen molar-refractivity contribution in [3.63, 3.8) is 0 Å². The Kier molecular flexibility index (Phi) is 4.05. The SMILES string of the molecule is O=C(OCc1cc(=O)oc2cc(O)ccc12)c1cc2c(s1)CCCC2. The summed E-state index contributed by atoms with van der Waals surface area (Å²) in [6.45, 7) is -0.0196. The first-order valence-electron chi connectivity index (χ1n) is 8.14. The van der Waals surface area contributed by atoms with E-state index in [4.69, 9.17) is 9.15 Å². The molecule has 1 N–H and O–H groups in total. The van der Waals surface area contributed by atoms with Crippen LogP contribution in [0, 0.1) is 0 Å². The Morgan fingerprint density at radius 1 is 1.20 bits per heavy atom. The summed E-state index contributed by atoms with van der Waals surface area (Å²) < 4.78 is 10.5. The van der Waals surface area contributed by atoms with E-state index in [1.807, 2.05) is 6.07 Å². The van der Waals surface area contributed by atoms with Gasteiger partial charge in [0.2, 0.25) is 0 Å². The zero-order chi connectivity index (χ0) is 17.4. The van der Waals surface area contributed by atoms with Gasteiger partial charge in [0, 0.05) is 28.0 Å². The highest BCUT2D eigenvalue weighted by Crippen LogP contribution is 2.30. The van der Waals surface area contributed by atoms with Crippen LogP contribution in [-0.4, -0.2) is 11.1 Å². The molecule has 0 fully saturated rings. The summed E-state index contributed by atoms with van der Waals surface area (Å²) in [5.74, 6) is -0.367. The van der Waals surface area contributed by atoms with Gasteiger partial charge in [-0.3, -0.25) is 0 Å². The number of rotatable bonds is 3. The number of hydrogen-bond acceptors (Lipinski definition) is 6. The molecule has 0 atom stereocenters. The summed E-state index contributed by atoms with van der Waals surface area (Å²) in [5, 5.41) is 10.1. The van der Waals surface area contributed by atoms with Crippen molar-refractivity contribution in [3.8, 4) is 5.75 Å². The quantitative estimate of drug-likeness (QED) is 0.571. The second kappa shape index (κ2) is 6.37. The van der Waals surface area contributed by atoms with E-state index >= 15 is 0 Å². The van der Waals surface area contributed by atoms with Crippen LogP contribution in [-0.2, 0) is 24.2 Å². The summed E-state index contributed by atoms with van der Waals surface area (Å²) in [6.07, 6.45) is 4.38. The Labute approximate surface area is 147 Å². The minimum Gasteiger partial charge on any atom is -0.508 e. The molecule has 0 bridgehead atoms. The van der Waals surface area contributed by atoms with Gasteiger partial charge in [0.1, 0.15) is 22.8 Å². The molecule has 0 saturated carbocycles. The summed E-state index contributed by atoms with van der Waals surface area (Å²) in [5.41, 5.74) is 1.53. The molecule has 0 aliphatic heterocycles. The number of ether oxygens (including phenoxy) is 1. The first kappa shape index (κ1) is 15.9. The molecule has 0 saturated heterocycles. The number of phenolic OH excluding ortho intramolecular Hbond substituents is 1. The van der Waals surface area contributed by atoms with E-state index in [9.17, 15) is 14.7 Å². The average molecular weight is 356 g/mol. The minimum absolute atomic E-state index is 0.00830. The molecule has 25 heavy (non-hydrogen) atoms. The lowest BCUT2D eigenvalue weighted by Crippen LogP contribution is -2.06. The predicted molar refractivity (Wildman–Crippen MR) is 94.2 cm³/mol. The number of carbonyl (C=O) groups excluding carboxylic acids is 1. The molecule has 5 nitrogen and oxygen atoms in total. The zero-order valence-corrected chi connectivity index (χ0v) is 14.2. The first-order chi connectivity index (χ1) is 12.1. The Hall–Kier alpha value is -2.60. The minimum atomic E-state index is -0.546. The van der Waals surface area contributed by atoms with Gasteiger partial charge in [0.25, 0.3) is 0 Å². The molecular formula is C19H16O5S. The molecule has 2 aromatic heterocycles. The maximum Gasteiger partial charge on any atom is 0.348 e. The summed E-state index contributed by atoms with van der Waals surface area (Å²) >= 11 is 1.50. The molecular weight excluding hydrogens is 340 g/mol. The van der Waals surface area contributed by atoms with E-state index in [2.05, 4.69) is 0 Å². The van der Waals surface area contributed by atoms with Gasteiger partial charge in [0.15, 0.2) is 0 Å². The van der Waals surface area contributed by atoms with E-state index in [0.29, 0.717) is 15.8 Å². The van der Waals surface area contributed by atoms with Crippen LogP contribution >= 0.6 is 11.3 Å². The van der Waals surface area contributed by atoms with Crippen molar-refractivity contribution >= 4 is 28.3 Å². The molecule has 128 valence electrons. The number of phenols is 1. The van der Waals surface area contributed by atoms with Gasteiger partial charge >= 0.3 is 11.6 Å². The number of esters is 1. The van der Waals surface area contributed by atoms with Crippen molar-refractivity contribution < 1.29 is 19.1 Å². The third-order valence-corrected chi connectivity index (χ3v) is 5.59. The second-order valence-electron chi connectivity index (χ2n) is 6.11. The van der Waals surface area contributed by atoms with E-state index < -0.39 is 5.63 Å². The van der Waals surface area contributed by atoms with Gasteiger partial charge in [-0.15, -0.1) is 11.3 Å². The van der Waals surface area contributed by atoms with E-state index in [-0.39, 0.29) is 23.9 Å². The second-order valence-corrected chi connectivity index (χ2v) is 7.25. The predicted octanol–water partition coefficient (Wildman–Crippen LogP) is 3.80. The van der Waals surface area contributed by atoms with Crippen LogP contribution in [0.2, 0.25) is 0 Å². The van der Waals surface area contributed by atoms with Crippen LogP contribution in [0.1, 0.15) is 38.5 Å². The highest BCUT2D eigenvalue weighted by Gasteiger charge is 2.18. The van der Waals surface area contributed by atoms with Crippen LogP contribution in [0.4, 0.5) is 0 Å². The number of fused-ring (bicyclic) bond motifs is 2. The highest BCUT2D eigenvalue weighted by atomic mass is 32.1. The van der Waals surface area contributed by atoms with Crippen LogP contribution in [0.15, 0.2) is 39.5 Å². The smallest absolute Gasteiger partial charge is 0.348 e. The largest absolute Gasteiger partial charge is 0.508 e. The number of benzene rings is 1. The standard InChI is InChI=1S/C19H16O5S/c20-13-5-6-14-12(8-18(21)24-15(14)9-13)10-23-19(22)17-7-11-3-1-2-4-16(11)25-17/h5-9,20H,1-4,10H2. The number of hydrogen-bond donors (Lipinski definition) is 1. The van der Waals surface area contributed by atoms with Crippen molar-refractivity contribution in [1.29, 1.82) is 0 Å². The lowest BCUT2D eigenvalue weighted by atomic mass is 9.99. The fourth-order valence-corrected chi connectivity index (χ4v) is 4.29. The van der Waals surface area contributed by atoms with E-state index in [1.165, 1.54) is 46.4 Å². The third-order valence-electron chi connectivity index (χ3n) is 4.37. The summed E-state index contributed by atoms with van der Waals surface area (Å²) in [7, 11) is 0. The van der Waals surface area contributed by atoms with Gasteiger partial charge in [0.05, 0.1) is 0 Å². The van der Waals surface area contributed by atoms with Crippen molar-refractivity contribution in [2.45, 2.75) is 32.3 Å². The Morgan fingerprint density at radius 3 is 2.88 bits per heavy atom. The molecule has 2 heterocycles. The lowest BCUT2D eigenvalue weighted by molar-refractivity contribution is 0.0479. The molecule has 0 amide bonds. The molecule has 1 aliphatic carbocycles. The van der Waals surface area contributed by atoms with Gasteiger partial charge < -0.3 is 14.3 Å². The summed E-state index contributed by atoms with van der Waals surface area (Å²) in [6, 6.07) is 7.75. The molecule has 0 spiro atoms. The van der Waals surface area contributed by atoms with Gasteiger partial charge in [-0.25, -0.2) is 9.59 Å². The molecule has 0 radical (unpaired) electrons. The van der Waals surface area contributed by atoms with Crippen LogP contribution in [0.3, 0.4) is 0 Å². The number of thiophene rings is 1. The number of aryl methyl sites for hydroxylation is 2. The fraction of sp³-hybridized carbons (Fsp3) is 0.263. The van der Waals surface area contributed by atoms with Crippen LogP contribution in [0.25, 0.3) is 11.0 Å². The molecule has 4 rings (SSSR count). The molecule has 1 aliphatic rings. The summed E-state index contributed by atoms with van der Waals surface area (Å²) in [4.78, 5) is 25.9. The lowest BCUT2D eigenvalue weighted by Gasteiger charge is -2.08.